The molecule has 0 aliphatic carbocycles. The average molecular weight is 459 g/mol. The van der Waals surface area contributed by atoms with Crippen molar-refractivity contribution in [3.8, 4) is 5.88 Å². The van der Waals surface area contributed by atoms with Gasteiger partial charge < -0.3 is 19.5 Å². The Morgan fingerprint density at radius 3 is 2.71 bits per heavy atom. The van der Waals surface area contributed by atoms with Gasteiger partial charge in [0, 0.05) is 30.6 Å². The van der Waals surface area contributed by atoms with Gasteiger partial charge in [0.05, 0.1) is 24.3 Å². The van der Waals surface area contributed by atoms with Crippen molar-refractivity contribution in [2.45, 2.75) is 37.1 Å². The number of hydrogen-bond donors (Lipinski definition) is 1. The molecule has 1 amide bonds. The fraction of sp³-hybridized carbons (Fsp3) is 0.474. The minimum atomic E-state index is -5.08. The number of carbonyl (C=O) groups excluding carboxylic acids is 1. The standard InChI is InChI=1S/C17H19N3O3S.C2HF3O2/c21-16(14-10-24-12-19-14)20-7-3-5-17(11-20)8-13(9-22-17)23-15-4-1-2-6-18-15;3-2(4,5)1(6)7/h1-2,4,6,10,12-13H,3,5,7-9,11H2;(H,6,7)/t13-,17-;/m0./s1. The van der Waals surface area contributed by atoms with E-state index in [1.165, 1.54) is 11.3 Å². The maximum Gasteiger partial charge on any atom is 0.490 e. The van der Waals surface area contributed by atoms with Crippen LogP contribution in [0, 0.1) is 0 Å². The second kappa shape index (κ2) is 9.60. The van der Waals surface area contributed by atoms with Crippen LogP contribution in [0.4, 0.5) is 13.2 Å². The summed E-state index contributed by atoms with van der Waals surface area (Å²) in [4.78, 5) is 31.6. The lowest BCUT2D eigenvalue weighted by atomic mass is 9.89. The summed E-state index contributed by atoms with van der Waals surface area (Å²) in [6, 6.07) is 5.62. The van der Waals surface area contributed by atoms with Crippen molar-refractivity contribution in [1.29, 1.82) is 0 Å². The van der Waals surface area contributed by atoms with E-state index in [-0.39, 0.29) is 17.6 Å². The highest BCUT2D eigenvalue weighted by Crippen LogP contribution is 2.36. The van der Waals surface area contributed by atoms with Crippen molar-refractivity contribution >= 4 is 23.2 Å². The number of rotatable bonds is 3. The molecule has 4 rings (SSSR count). The van der Waals surface area contributed by atoms with Crippen LogP contribution >= 0.6 is 11.3 Å². The number of halogens is 3. The number of hydrogen-bond acceptors (Lipinski definition) is 7. The maximum atomic E-state index is 12.5. The van der Waals surface area contributed by atoms with E-state index < -0.39 is 12.1 Å². The summed E-state index contributed by atoms with van der Waals surface area (Å²) in [5.74, 6) is -2.14. The molecule has 1 N–H and O–H groups in total. The zero-order chi connectivity index (χ0) is 22.5. The van der Waals surface area contributed by atoms with Crippen molar-refractivity contribution in [2.75, 3.05) is 19.7 Å². The van der Waals surface area contributed by atoms with E-state index in [1.54, 1.807) is 17.1 Å². The van der Waals surface area contributed by atoms with Crippen LogP contribution in [0.5, 0.6) is 5.88 Å². The molecule has 0 saturated carbocycles. The van der Waals surface area contributed by atoms with Gasteiger partial charge in [-0.25, -0.2) is 14.8 Å². The number of aromatic nitrogens is 2. The molecular formula is C19H20F3N3O5S. The van der Waals surface area contributed by atoms with Gasteiger partial charge in [0.2, 0.25) is 5.88 Å². The second-order valence-electron chi connectivity index (χ2n) is 7.11. The fourth-order valence-corrected chi connectivity index (χ4v) is 4.03. The van der Waals surface area contributed by atoms with Crippen LogP contribution in [0.2, 0.25) is 0 Å². The number of nitrogens with zero attached hydrogens (tertiary/aromatic N) is 3. The molecule has 2 aromatic rings. The monoisotopic (exact) mass is 459 g/mol. The molecule has 4 heterocycles. The van der Waals surface area contributed by atoms with E-state index in [1.807, 2.05) is 23.1 Å². The number of ether oxygens (including phenoxy) is 2. The highest BCUT2D eigenvalue weighted by molar-refractivity contribution is 7.07. The van der Waals surface area contributed by atoms with Crippen LogP contribution in [0.3, 0.4) is 0 Å². The molecule has 31 heavy (non-hydrogen) atoms. The van der Waals surface area contributed by atoms with Gasteiger partial charge in [-0.15, -0.1) is 11.3 Å². The third-order valence-electron chi connectivity index (χ3n) is 4.82. The topological polar surface area (TPSA) is 102 Å². The van der Waals surface area contributed by atoms with Gasteiger partial charge in [-0.3, -0.25) is 4.79 Å². The normalized spacial score (nSPS) is 23.2. The highest BCUT2D eigenvalue weighted by Gasteiger charge is 2.45. The number of alkyl halides is 3. The van der Waals surface area contributed by atoms with Crippen LogP contribution < -0.4 is 4.74 Å². The first-order valence-electron chi connectivity index (χ1n) is 9.38. The molecule has 8 nitrogen and oxygen atoms in total. The Morgan fingerprint density at radius 2 is 2.10 bits per heavy atom. The van der Waals surface area contributed by atoms with Crippen LogP contribution in [0.25, 0.3) is 0 Å². The lowest BCUT2D eigenvalue weighted by Crippen LogP contribution is -2.50. The summed E-state index contributed by atoms with van der Waals surface area (Å²) < 4.78 is 43.8. The molecule has 2 aliphatic heterocycles. The van der Waals surface area contributed by atoms with Gasteiger partial charge in [0.1, 0.15) is 11.8 Å². The van der Waals surface area contributed by atoms with Gasteiger partial charge in [0.25, 0.3) is 5.91 Å². The molecule has 0 bridgehead atoms. The second-order valence-corrected chi connectivity index (χ2v) is 7.83. The molecular weight excluding hydrogens is 439 g/mol. The Balaban J connectivity index is 0.000000339. The lowest BCUT2D eigenvalue weighted by Gasteiger charge is -2.39. The number of carboxylic acid groups (broad SMARTS) is 1. The average Bonchev–Trinajstić information content (AvgIpc) is 3.39. The third-order valence-corrected chi connectivity index (χ3v) is 5.41. The summed E-state index contributed by atoms with van der Waals surface area (Å²) in [5.41, 5.74) is 1.91. The molecule has 2 saturated heterocycles. The number of carbonyl (C=O) groups is 2. The van der Waals surface area contributed by atoms with Crippen molar-refractivity contribution in [3.63, 3.8) is 0 Å². The predicted molar refractivity (Wildman–Crippen MR) is 103 cm³/mol. The number of aliphatic carboxylic acids is 1. The lowest BCUT2D eigenvalue weighted by molar-refractivity contribution is -0.192. The summed E-state index contributed by atoms with van der Waals surface area (Å²) in [5, 5.41) is 8.92. The number of likely N-dealkylation sites (tertiary alicyclic amines) is 1. The largest absolute Gasteiger partial charge is 0.490 e. The zero-order valence-electron chi connectivity index (χ0n) is 16.2. The van der Waals surface area contributed by atoms with Crippen LogP contribution in [0.1, 0.15) is 29.8 Å². The van der Waals surface area contributed by atoms with Gasteiger partial charge in [-0.2, -0.15) is 13.2 Å². The molecule has 1 spiro atoms. The SMILES string of the molecule is O=C(O)C(F)(F)F.O=C(c1cscn1)N1CCC[C@]2(C[C@H](Oc3ccccn3)CO2)C1. The van der Waals surface area contributed by atoms with E-state index in [9.17, 15) is 18.0 Å². The van der Waals surface area contributed by atoms with E-state index in [4.69, 9.17) is 19.4 Å². The third kappa shape index (κ3) is 6.14. The maximum absolute atomic E-state index is 12.5. The van der Waals surface area contributed by atoms with Crippen molar-refractivity contribution < 1.29 is 37.3 Å². The molecule has 2 aromatic heterocycles. The molecule has 0 aromatic carbocycles. The Labute approximate surface area is 179 Å². The van der Waals surface area contributed by atoms with Gasteiger partial charge >= 0.3 is 12.1 Å². The van der Waals surface area contributed by atoms with Gasteiger partial charge in [-0.05, 0) is 18.9 Å². The Bertz CT molecular complexity index is 882. The van der Waals surface area contributed by atoms with E-state index in [0.717, 1.165) is 25.8 Å². The summed E-state index contributed by atoms with van der Waals surface area (Å²) in [6.07, 6.45) is -0.711. The first-order valence-corrected chi connectivity index (χ1v) is 10.3. The minimum Gasteiger partial charge on any atom is -0.475 e. The van der Waals surface area contributed by atoms with E-state index >= 15 is 0 Å². The number of amides is 1. The quantitative estimate of drug-likeness (QED) is 0.753. The molecule has 2 fully saturated rings. The summed E-state index contributed by atoms with van der Waals surface area (Å²) >= 11 is 1.44. The molecule has 168 valence electrons. The molecule has 0 radical (unpaired) electrons. The molecule has 0 unspecified atom stereocenters. The van der Waals surface area contributed by atoms with E-state index in [0.29, 0.717) is 24.7 Å². The van der Waals surface area contributed by atoms with Crippen LogP contribution in [-0.2, 0) is 9.53 Å². The summed E-state index contributed by atoms with van der Waals surface area (Å²) in [7, 11) is 0. The molecule has 2 aliphatic rings. The molecule has 2 atom stereocenters. The first-order chi connectivity index (χ1) is 14.7. The van der Waals surface area contributed by atoms with Gasteiger partial charge in [-0.1, -0.05) is 6.07 Å². The highest BCUT2D eigenvalue weighted by atomic mass is 32.1. The van der Waals surface area contributed by atoms with Gasteiger partial charge in [0.15, 0.2) is 0 Å². The van der Waals surface area contributed by atoms with E-state index in [2.05, 4.69) is 9.97 Å². The Morgan fingerprint density at radius 1 is 1.32 bits per heavy atom. The summed E-state index contributed by atoms with van der Waals surface area (Å²) in [6.45, 7) is 1.90. The first kappa shape index (κ1) is 22.9. The Hall–Kier alpha value is -2.73. The fourth-order valence-electron chi connectivity index (χ4n) is 3.50. The van der Waals surface area contributed by atoms with Crippen molar-refractivity contribution in [3.05, 3.63) is 41.0 Å². The minimum absolute atomic E-state index is 0.00646. The van der Waals surface area contributed by atoms with Crippen LogP contribution in [0.15, 0.2) is 35.3 Å². The number of piperidine rings is 1. The number of pyridine rings is 1. The number of carboxylic acids is 1. The number of thiazole rings is 1. The molecule has 12 heteroatoms. The smallest absolute Gasteiger partial charge is 0.475 e. The predicted octanol–water partition coefficient (Wildman–Crippen LogP) is 3.01. The van der Waals surface area contributed by atoms with Crippen molar-refractivity contribution in [2.24, 2.45) is 0 Å². The zero-order valence-corrected chi connectivity index (χ0v) is 17.1. The Kier molecular flexibility index (Phi) is 7.11. The van der Waals surface area contributed by atoms with Crippen LogP contribution in [-0.4, -0.2) is 69.4 Å². The van der Waals surface area contributed by atoms with Crippen molar-refractivity contribution in [1.82, 2.24) is 14.9 Å².